The van der Waals surface area contributed by atoms with Gasteiger partial charge in [0.2, 0.25) is 15.9 Å². The van der Waals surface area contributed by atoms with Crippen LogP contribution in [-0.4, -0.2) is 46.5 Å². The molecule has 2 aromatic carbocycles. The minimum Gasteiger partial charge on any atom is -0.465 e. The number of carbonyl (C=O) groups excluding carboxylic acids is 2. The maximum absolute atomic E-state index is 12.4. The molecule has 0 spiro atoms. The molecule has 0 heterocycles. The Hall–Kier alpha value is -2.52. The van der Waals surface area contributed by atoms with Gasteiger partial charge in [-0.2, -0.15) is 0 Å². The van der Waals surface area contributed by atoms with Gasteiger partial charge >= 0.3 is 5.97 Å². The van der Waals surface area contributed by atoms with Crippen molar-refractivity contribution >= 4 is 45.0 Å². The Morgan fingerprint density at radius 2 is 1.81 bits per heavy atom. The minimum absolute atomic E-state index is 0.349. The van der Waals surface area contributed by atoms with Gasteiger partial charge in [0, 0.05) is 10.6 Å². The number of benzene rings is 2. The zero-order chi connectivity index (χ0) is 20.0. The second-order valence-corrected chi connectivity index (χ2v) is 8.37. The van der Waals surface area contributed by atoms with Crippen LogP contribution in [0.2, 0.25) is 0 Å². The predicted molar refractivity (Wildman–Crippen MR) is 107 cm³/mol. The fraction of sp³-hybridized carbons (Fsp3) is 0.222. The van der Waals surface area contributed by atoms with Gasteiger partial charge in [-0.15, -0.1) is 11.8 Å². The van der Waals surface area contributed by atoms with Crippen LogP contribution in [0.15, 0.2) is 53.4 Å². The van der Waals surface area contributed by atoms with Gasteiger partial charge in [-0.1, -0.05) is 6.07 Å². The molecule has 144 valence electrons. The van der Waals surface area contributed by atoms with Crippen molar-refractivity contribution in [2.45, 2.75) is 4.90 Å². The van der Waals surface area contributed by atoms with Crippen LogP contribution >= 0.6 is 11.8 Å². The number of thioether (sulfide) groups is 1. The largest absolute Gasteiger partial charge is 0.465 e. The summed E-state index contributed by atoms with van der Waals surface area (Å²) in [6.45, 7) is -0.366. The van der Waals surface area contributed by atoms with E-state index >= 15 is 0 Å². The van der Waals surface area contributed by atoms with Gasteiger partial charge in [-0.25, -0.2) is 13.2 Å². The van der Waals surface area contributed by atoms with E-state index in [1.165, 1.54) is 31.0 Å². The third-order valence-electron chi connectivity index (χ3n) is 3.62. The molecule has 0 aliphatic heterocycles. The molecule has 1 N–H and O–H groups in total. The average molecular weight is 409 g/mol. The minimum atomic E-state index is -3.65. The number of anilines is 2. The standard InChI is InChI=1S/C18H20N2O5S2/c1-25-18(22)13-7-9-14(10-8-13)19-17(21)12-20(27(3,23)24)15-5-4-6-16(11-15)26-2/h4-11H,12H2,1-3H3,(H,19,21). The van der Waals surface area contributed by atoms with Gasteiger partial charge in [-0.05, 0) is 48.7 Å². The number of nitrogens with zero attached hydrogens (tertiary/aromatic N) is 1. The molecule has 1 amide bonds. The first-order valence-corrected chi connectivity index (χ1v) is 10.9. The SMILES string of the molecule is COC(=O)c1ccc(NC(=O)CN(c2cccc(SC)c2)S(C)(=O)=O)cc1. The third kappa shape index (κ3) is 5.73. The predicted octanol–water partition coefficient (Wildman–Crippen LogP) is 2.60. The molecular weight excluding hydrogens is 388 g/mol. The number of hydrogen-bond donors (Lipinski definition) is 1. The Bertz CT molecular complexity index is 927. The van der Waals surface area contributed by atoms with Crippen molar-refractivity contribution in [3.05, 3.63) is 54.1 Å². The number of methoxy groups -OCH3 is 1. The number of hydrogen-bond acceptors (Lipinski definition) is 6. The van der Waals surface area contributed by atoms with Gasteiger partial charge in [0.1, 0.15) is 6.54 Å². The van der Waals surface area contributed by atoms with E-state index in [1.54, 1.807) is 30.3 Å². The molecule has 0 radical (unpaired) electrons. The van der Waals surface area contributed by atoms with Crippen LogP contribution in [0.1, 0.15) is 10.4 Å². The molecule has 0 aliphatic rings. The van der Waals surface area contributed by atoms with E-state index in [0.29, 0.717) is 16.9 Å². The van der Waals surface area contributed by atoms with Gasteiger partial charge in [-0.3, -0.25) is 9.10 Å². The summed E-state index contributed by atoms with van der Waals surface area (Å²) in [5.74, 6) is -0.981. The molecular formula is C18H20N2O5S2. The van der Waals surface area contributed by atoms with E-state index in [0.717, 1.165) is 15.5 Å². The fourth-order valence-corrected chi connectivity index (χ4v) is 3.61. The lowest BCUT2D eigenvalue weighted by atomic mass is 10.2. The van der Waals surface area contributed by atoms with E-state index in [2.05, 4.69) is 10.1 Å². The average Bonchev–Trinajstić information content (AvgIpc) is 2.65. The second-order valence-electron chi connectivity index (χ2n) is 5.59. The summed E-state index contributed by atoms with van der Waals surface area (Å²) in [5.41, 5.74) is 1.21. The molecule has 0 aliphatic carbocycles. The number of rotatable bonds is 7. The third-order valence-corrected chi connectivity index (χ3v) is 5.48. The summed E-state index contributed by atoms with van der Waals surface area (Å²) in [6, 6.07) is 13.1. The van der Waals surface area contributed by atoms with Crippen LogP contribution in [0.3, 0.4) is 0 Å². The van der Waals surface area contributed by atoms with Gasteiger partial charge in [0.25, 0.3) is 0 Å². The first-order chi connectivity index (χ1) is 12.7. The van der Waals surface area contributed by atoms with Crippen molar-refractivity contribution < 1.29 is 22.7 Å². The van der Waals surface area contributed by atoms with Gasteiger partial charge < -0.3 is 10.1 Å². The molecule has 27 heavy (non-hydrogen) atoms. The molecule has 0 unspecified atom stereocenters. The van der Waals surface area contributed by atoms with E-state index < -0.39 is 21.9 Å². The van der Waals surface area contributed by atoms with Crippen molar-refractivity contribution in [2.24, 2.45) is 0 Å². The molecule has 9 heteroatoms. The van der Waals surface area contributed by atoms with Crippen LogP contribution in [0, 0.1) is 0 Å². The van der Waals surface area contributed by atoms with Crippen molar-refractivity contribution in [3.63, 3.8) is 0 Å². The lowest BCUT2D eigenvalue weighted by Crippen LogP contribution is -2.37. The molecule has 7 nitrogen and oxygen atoms in total. The van der Waals surface area contributed by atoms with Gasteiger partial charge in [0.05, 0.1) is 24.6 Å². The molecule has 2 aromatic rings. The van der Waals surface area contributed by atoms with Crippen LogP contribution in [0.4, 0.5) is 11.4 Å². The molecule has 0 saturated heterocycles. The van der Waals surface area contributed by atoms with Crippen LogP contribution in [0.25, 0.3) is 0 Å². The molecule has 0 saturated carbocycles. The zero-order valence-corrected chi connectivity index (χ0v) is 16.8. The fourth-order valence-electron chi connectivity index (χ4n) is 2.30. The highest BCUT2D eigenvalue weighted by Crippen LogP contribution is 2.24. The lowest BCUT2D eigenvalue weighted by molar-refractivity contribution is -0.114. The van der Waals surface area contributed by atoms with Crippen LogP contribution in [-0.2, 0) is 19.6 Å². The summed E-state index contributed by atoms with van der Waals surface area (Å²) < 4.78 is 30.0. The number of nitrogens with one attached hydrogen (secondary N) is 1. The highest BCUT2D eigenvalue weighted by molar-refractivity contribution is 7.98. The summed E-state index contributed by atoms with van der Waals surface area (Å²) in [4.78, 5) is 24.7. The number of carbonyl (C=O) groups is 2. The highest BCUT2D eigenvalue weighted by atomic mass is 32.2. The summed E-state index contributed by atoms with van der Waals surface area (Å²) in [5, 5.41) is 2.62. The molecule has 2 rings (SSSR count). The Labute approximate surface area is 162 Å². The monoisotopic (exact) mass is 408 g/mol. The maximum atomic E-state index is 12.4. The molecule has 0 aromatic heterocycles. The first-order valence-electron chi connectivity index (χ1n) is 7.84. The van der Waals surface area contributed by atoms with E-state index in [-0.39, 0.29) is 6.54 Å². The molecule has 0 fully saturated rings. The van der Waals surface area contributed by atoms with Crippen molar-refractivity contribution in [3.8, 4) is 0 Å². The molecule has 0 bridgehead atoms. The van der Waals surface area contributed by atoms with Crippen molar-refractivity contribution in [2.75, 3.05) is 35.8 Å². The lowest BCUT2D eigenvalue weighted by Gasteiger charge is -2.22. The maximum Gasteiger partial charge on any atom is 0.337 e. The number of sulfonamides is 1. The zero-order valence-electron chi connectivity index (χ0n) is 15.1. The summed E-state index contributed by atoms with van der Waals surface area (Å²) in [6.07, 6.45) is 2.94. The van der Waals surface area contributed by atoms with Gasteiger partial charge in [0.15, 0.2) is 0 Å². The first kappa shape index (κ1) is 20.8. The Balaban J connectivity index is 2.15. The van der Waals surface area contributed by atoms with Crippen molar-refractivity contribution in [1.29, 1.82) is 0 Å². The quantitative estimate of drug-likeness (QED) is 0.559. The second kappa shape index (κ2) is 8.92. The van der Waals surface area contributed by atoms with E-state index in [9.17, 15) is 18.0 Å². The summed E-state index contributed by atoms with van der Waals surface area (Å²) >= 11 is 1.48. The molecule has 0 atom stereocenters. The smallest absolute Gasteiger partial charge is 0.337 e. The van der Waals surface area contributed by atoms with Crippen LogP contribution in [0.5, 0.6) is 0 Å². The summed E-state index contributed by atoms with van der Waals surface area (Å²) in [7, 11) is -2.37. The Kier molecular flexibility index (Phi) is 6.86. The van der Waals surface area contributed by atoms with Crippen molar-refractivity contribution in [1.82, 2.24) is 0 Å². The Morgan fingerprint density at radius 3 is 2.37 bits per heavy atom. The number of esters is 1. The number of amides is 1. The number of ether oxygens (including phenoxy) is 1. The van der Waals surface area contributed by atoms with E-state index in [4.69, 9.17) is 0 Å². The Morgan fingerprint density at radius 1 is 1.15 bits per heavy atom. The normalized spacial score (nSPS) is 10.9. The highest BCUT2D eigenvalue weighted by Gasteiger charge is 2.21. The van der Waals surface area contributed by atoms with E-state index in [1.807, 2.05) is 12.3 Å². The van der Waals surface area contributed by atoms with Crippen LogP contribution < -0.4 is 9.62 Å². The topological polar surface area (TPSA) is 92.8 Å².